The van der Waals surface area contributed by atoms with Gasteiger partial charge in [0.2, 0.25) is 5.91 Å². The summed E-state index contributed by atoms with van der Waals surface area (Å²) in [5, 5.41) is 23.3. The van der Waals surface area contributed by atoms with Gasteiger partial charge in [-0.15, -0.1) is 0 Å². The first-order valence-electron chi connectivity index (χ1n) is 9.45. The Morgan fingerprint density at radius 2 is 1.83 bits per heavy atom. The number of nitrogens with zero attached hydrogens (tertiary/aromatic N) is 2. The second-order valence-electron chi connectivity index (χ2n) is 7.15. The molecule has 152 valence electrons. The van der Waals surface area contributed by atoms with E-state index in [2.05, 4.69) is 5.32 Å². The molecule has 1 saturated heterocycles. The van der Waals surface area contributed by atoms with Crippen molar-refractivity contribution >= 4 is 23.2 Å². The van der Waals surface area contributed by atoms with Gasteiger partial charge in [0.25, 0.3) is 11.6 Å². The topological polar surface area (TPSA) is 113 Å². The molecule has 2 amide bonds. The molecule has 0 atom stereocenters. The number of aliphatic hydroxyl groups excluding tert-OH is 1. The van der Waals surface area contributed by atoms with Gasteiger partial charge in [-0.25, -0.2) is 0 Å². The van der Waals surface area contributed by atoms with E-state index in [4.69, 9.17) is 0 Å². The highest BCUT2D eigenvalue weighted by Crippen LogP contribution is 2.22. The van der Waals surface area contributed by atoms with Crippen molar-refractivity contribution in [1.29, 1.82) is 0 Å². The molecule has 0 spiro atoms. The average molecular weight is 397 g/mol. The number of amides is 2. The second-order valence-corrected chi connectivity index (χ2v) is 7.15. The van der Waals surface area contributed by atoms with E-state index in [1.165, 1.54) is 12.1 Å². The van der Waals surface area contributed by atoms with Crippen molar-refractivity contribution in [2.45, 2.75) is 32.3 Å². The van der Waals surface area contributed by atoms with E-state index < -0.39 is 10.8 Å². The molecule has 0 bridgehead atoms. The highest BCUT2D eigenvalue weighted by molar-refractivity contribution is 6.05. The number of carbonyl (C=O) groups is 2. The molecule has 1 fully saturated rings. The first kappa shape index (κ1) is 20.5. The Labute approximate surface area is 168 Å². The summed E-state index contributed by atoms with van der Waals surface area (Å²) in [5.41, 5.74) is 1.81. The molecule has 8 nitrogen and oxygen atoms in total. The number of nitrogens with one attached hydrogen (secondary N) is 1. The minimum absolute atomic E-state index is 0.0147. The number of hydrogen-bond acceptors (Lipinski definition) is 5. The smallest absolute Gasteiger partial charge is 0.273 e. The predicted octanol–water partition coefficient (Wildman–Crippen LogP) is 2.68. The fraction of sp³-hybridized carbons (Fsp3) is 0.333. The summed E-state index contributed by atoms with van der Waals surface area (Å²) < 4.78 is 0. The number of nitro groups is 1. The number of rotatable bonds is 5. The summed E-state index contributed by atoms with van der Waals surface area (Å²) in [6.07, 6.45) is 1.15. The molecule has 0 aromatic heterocycles. The SMILES string of the molecule is Cc1c(C(=O)Nc2ccc(CC(=O)N3CCC(O)CC3)cc2)cccc1[N+](=O)[O-]. The number of carbonyl (C=O) groups excluding carboxylic acids is 2. The maximum Gasteiger partial charge on any atom is 0.273 e. The van der Waals surface area contributed by atoms with Gasteiger partial charge in [-0.3, -0.25) is 19.7 Å². The summed E-state index contributed by atoms with van der Waals surface area (Å²) in [6.45, 7) is 2.68. The summed E-state index contributed by atoms with van der Waals surface area (Å²) in [7, 11) is 0. The van der Waals surface area contributed by atoms with Crippen molar-refractivity contribution < 1.29 is 19.6 Å². The van der Waals surface area contributed by atoms with E-state index in [0.717, 1.165) is 5.56 Å². The van der Waals surface area contributed by atoms with Crippen LogP contribution in [0.5, 0.6) is 0 Å². The van der Waals surface area contributed by atoms with Crippen molar-refractivity contribution in [3.8, 4) is 0 Å². The Morgan fingerprint density at radius 1 is 1.17 bits per heavy atom. The molecule has 0 aliphatic carbocycles. The zero-order chi connectivity index (χ0) is 21.0. The van der Waals surface area contributed by atoms with E-state index in [0.29, 0.717) is 37.2 Å². The van der Waals surface area contributed by atoms with Crippen LogP contribution in [0.2, 0.25) is 0 Å². The third-order valence-electron chi connectivity index (χ3n) is 5.13. The standard InChI is InChI=1S/C21H23N3O5/c1-14-18(3-2-4-19(14)24(28)29)21(27)22-16-7-5-15(6-8-16)13-20(26)23-11-9-17(25)10-12-23/h2-8,17,25H,9-13H2,1H3,(H,22,27). The number of piperidine rings is 1. The number of hydrogen-bond donors (Lipinski definition) is 2. The van der Waals surface area contributed by atoms with E-state index in [9.17, 15) is 24.8 Å². The lowest BCUT2D eigenvalue weighted by atomic mass is 10.1. The van der Waals surface area contributed by atoms with Crippen LogP contribution in [0.3, 0.4) is 0 Å². The van der Waals surface area contributed by atoms with Crippen LogP contribution in [-0.4, -0.2) is 45.9 Å². The maximum atomic E-state index is 12.5. The van der Waals surface area contributed by atoms with Crippen LogP contribution in [0.4, 0.5) is 11.4 Å². The van der Waals surface area contributed by atoms with Gasteiger partial charge in [0.15, 0.2) is 0 Å². The first-order chi connectivity index (χ1) is 13.8. The van der Waals surface area contributed by atoms with Crippen LogP contribution in [0.1, 0.15) is 34.3 Å². The van der Waals surface area contributed by atoms with Crippen LogP contribution in [0, 0.1) is 17.0 Å². The Balaban J connectivity index is 1.62. The van der Waals surface area contributed by atoms with Crippen LogP contribution in [0.25, 0.3) is 0 Å². The number of nitro benzene ring substituents is 1. The number of anilines is 1. The molecule has 0 radical (unpaired) electrons. The molecule has 1 heterocycles. The molecule has 0 saturated carbocycles. The largest absolute Gasteiger partial charge is 0.393 e. The Kier molecular flexibility index (Phi) is 6.23. The Hall–Kier alpha value is -3.26. The number of benzene rings is 2. The van der Waals surface area contributed by atoms with Gasteiger partial charge in [0.1, 0.15) is 0 Å². The number of likely N-dealkylation sites (tertiary alicyclic amines) is 1. The summed E-state index contributed by atoms with van der Waals surface area (Å²) in [5.74, 6) is -0.414. The van der Waals surface area contributed by atoms with Crippen molar-refractivity contribution in [3.63, 3.8) is 0 Å². The molecule has 2 aromatic rings. The zero-order valence-electron chi connectivity index (χ0n) is 16.1. The fourth-order valence-corrected chi connectivity index (χ4v) is 3.37. The van der Waals surface area contributed by atoms with E-state index >= 15 is 0 Å². The van der Waals surface area contributed by atoms with Crippen LogP contribution < -0.4 is 5.32 Å². The molecular formula is C21H23N3O5. The van der Waals surface area contributed by atoms with Crippen molar-refractivity contribution in [2.24, 2.45) is 0 Å². The Morgan fingerprint density at radius 3 is 2.45 bits per heavy atom. The predicted molar refractivity (Wildman–Crippen MR) is 108 cm³/mol. The van der Waals surface area contributed by atoms with E-state index in [1.54, 1.807) is 42.2 Å². The highest BCUT2D eigenvalue weighted by Gasteiger charge is 2.21. The summed E-state index contributed by atoms with van der Waals surface area (Å²) in [6, 6.07) is 11.3. The normalized spacial score (nSPS) is 14.5. The Bertz CT molecular complexity index is 918. The maximum absolute atomic E-state index is 12.5. The van der Waals surface area contributed by atoms with Crippen molar-refractivity contribution in [1.82, 2.24) is 4.90 Å². The minimum Gasteiger partial charge on any atom is -0.393 e. The van der Waals surface area contributed by atoms with Crippen molar-refractivity contribution in [2.75, 3.05) is 18.4 Å². The summed E-state index contributed by atoms with van der Waals surface area (Å²) >= 11 is 0. The van der Waals surface area contributed by atoms with Crippen LogP contribution in [-0.2, 0) is 11.2 Å². The molecular weight excluding hydrogens is 374 g/mol. The first-order valence-corrected chi connectivity index (χ1v) is 9.45. The van der Waals surface area contributed by atoms with E-state index in [-0.39, 0.29) is 29.7 Å². The lowest BCUT2D eigenvalue weighted by Gasteiger charge is -2.29. The second kappa shape index (κ2) is 8.83. The third-order valence-corrected chi connectivity index (χ3v) is 5.13. The summed E-state index contributed by atoms with van der Waals surface area (Å²) in [4.78, 5) is 37.1. The zero-order valence-corrected chi connectivity index (χ0v) is 16.1. The quantitative estimate of drug-likeness (QED) is 0.595. The van der Waals surface area contributed by atoms with E-state index in [1.807, 2.05) is 0 Å². The van der Waals surface area contributed by atoms with Gasteiger partial charge in [0, 0.05) is 36.0 Å². The molecule has 0 unspecified atom stereocenters. The molecule has 2 aromatic carbocycles. The lowest BCUT2D eigenvalue weighted by molar-refractivity contribution is -0.385. The molecule has 2 N–H and O–H groups in total. The molecule has 8 heteroatoms. The number of aliphatic hydroxyl groups is 1. The van der Waals surface area contributed by atoms with Gasteiger partial charge >= 0.3 is 0 Å². The average Bonchev–Trinajstić information content (AvgIpc) is 2.69. The molecule has 1 aliphatic heterocycles. The van der Waals surface area contributed by atoms with Gasteiger partial charge < -0.3 is 15.3 Å². The third kappa shape index (κ3) is 4.97. The van der Waals surface area contributed by atoms with Crippen LogP contribution >= 0.6 is 0 Å². The molecule has 3 rings (SSSR count). The van der Waals surface area contributed by atoms with Gasteiger partial charge in [-0.05, 0) is 43.5 Å². The minimum atomic E-state index is -0.513. The van der Waals surface area contributed by atoms with Gasteiger partial charge in [-0.1, -0.05) is 18.2 Å². The molecule has 29 heavy (non-hydrogen) atoms. The lowest BCUT2D eigenvalue weighted by Crippen LogP contribution is -2.40. The monoisotopic (exact) mass is 397 g/mol. The van der Waals surface area contributed by atoms with Gasteiger partial charge in [-0.2, -0.15) is 0 Å². The van der Waals surface area contributed by atoms with Gasteiger partial charge in [0.05, 0.1) is 17.4 Å². The fourth-order valence-electron chi connectivity index (χ4n) is 3.37. The highest BCUT2D eigenvalue weighted by atomic mass is 16.6. The van der Waals surface area contributed by atoms with Crippen LogP contribution in [0.15, 0.2) is 42.5 Å². The van der Waals surface area contributed by atoms with Crippen molar-refractivity contribution in [3.05, 3.63) is 69.3 Å². The molecule has 1 aliphatic rings.